The predicted octanol–water partition coefficient (Wildman–Crippen LogP) is 3.03. The quantitative estimate of drug-likeness (QED) is 0.869. The monoisotopic (exact) mass is 284 g/mol. The van der Waals surface area contributed by atoms with E-state index in [0.717, 1.165) is 5.56 Å². The van der Waals surface area contributed by atoms with Crippen LogP contribution in [0.4, 0.5) is 0 Å². The molecule has 1 unspecified atom stereocenters. The van der Waals surface area contributed by atoms with Gasteiger partial charge in [0.25, 0.3) is 0 Å². The maximum Gasteiger partial charge on any atom is 0.210 e. The number of para-hydroxylation sites is 2. The van der Waals surface area contributed by atoms with Crippen LogP contribution in [0.25, 0.3) is 0 Å². The van der Waals surface area contributed by atoms with Crippen LogP contribution in [0.3, 0.4) is 0 Å². The molecule has 0 fully saturated rings. The summed E-state index contributed by atoms with van der Waals surface area (Å²) in [4.78, 5) is 12.5. The molecule has 108 valence electrons. The third-order valence-electron chi connectivity index (χ3n) is 3.42. The average Bonchev–Trinajstić information content (AvgIpc) is 2.50. The van der Waals surface area contributed by atoms with Gasteiger partial charge >= 0.3 is 0 Å². The number of Topliss-reactive ketones (excluding diaryl/α,β-unsaturated/α-hetero) is 1. The van der Waals surface area contributed by atoms with E-state index in [2.05, 4.69) is 0 Å². The largest absolute Gasteiger partial charge is 0.493 e. The first-order valence-electron chi connectivity index (χ1n) is 6.76. The lowest BCUT2D eigenvalue weighted by atomic mass is 10.0. The van der Waals surface area contributed by atoms with Gasteiger partial charge in [0.2, 0.25) is 5.78 Å². The van der Waals surface area contributed by atoms with E-state index >= 15 is 0 Å². The number of rotatable bonds is 3. The Labute approximate surface area is 123 Å². The Bertz CT molecular complexity index is 678. The van der Waals surface area contributed by atoms with Crippen molar-refractivity contribution in [2.24, 2.45) is 0 Å². The Balaban J connectivity index is 1.85. The van der Waals surface area contributed by atoms with Gasteiger partial charge in [0.05, 0.1) is 12.7 Å². The minimum absolute atomic E-state index is 0.0674. The lowest BCUT2D eigenvalue weighted by Gasteiger charge is -2.25. The average molecular weight is 284 g/mol. The molecule has 2 aromatic carbocycles. The van der Waals surface area contributed by atoms with Crippen molar-refractivity contribution in [3.8, 4) is 17.2 Å². The van der Waals surface area contributed by atoms with Crippen LogP contribution in [0.5, 0.6) is 17.2 Å². The second-order valence-electron chi connectivity index (χ2n) is 4.93. The van der Waals surface area contributed by atoms with E-state index in [1.54, 1.807) is 25.3 Å². The molecule has 1 aliphatic heterocycles. The summed E-state index contributed by atoms with van der Waals surface area (Å²) in [6.45, 7) is 2.17. The van der Waals surface area contributed by atoms with Gasteiger partial charge in [-0.25, -0.2) is 0 Å². The summed E-state index contributed by atoms with van der Waals surface area (Å²) in [5, 5.41) is 0. The summed E-state index contributed by atoms with van der Waals surface area (Å²) < 4.78 is 16.7. The molecule has 0 bridgehead atoms. The zero-order chi connectivity index (χ0) is 14.8. The Morgan fingerprint density at radius 2 is 1.90 bits per heavy atom. The summed E-state index contributed by atoms with van der Waals surface area (Å²) in [7, 11) is 1.57. The predicted molar refractivity (Wildman–Crippen MR) is 78.4 cm³/mol. The number of hydrogen-bond donors (Lipinski definition) is 0. The van der Waals surface area contributed by atoms with Gasteiger partial charge < -0.3 is 14.2 Å². The summed E-state index contributed by atoms with van der Waals surface area (Å²) in [6, 6.07) is 12.8. The smallest absolute Gasteiger partial charge is 0.210 e. The number of aryl methyl sites for hydroxylation is 1. The highest BCUT2D eigenvalue weighted by Crippen LogP contribution is 2.31. The SMILES string of the molecule is COc1ccccc1OC1COc2cc(C)ccc2C1=O. The van der Waals surface area contributed by atoms with Crippen molar-refractivity contribution in [2.75, 3.05) is 13.7 Å². The van der Waals surface area contributed by atoms with Crippen molar-refractivity contribution in [2.45, 2.75) is 13.0 Å². The van der Waals surface area contributed by atoms with E-state index in [-0.39, 0.29) is 12.4 Å². The molecule has 0 radical (unpaired) electrons. The zero-order valence-electron chi connectivity index (χ0n) is 12.0. The van der Waals surface area contributed by atoms with Gasteiger partial charge in [0.15, 0.2) is 17.6 Å². The number of carbonyl (C=O) groups is 1. The first-order valence-corrected chi connectivity index (χ1v) is 6.76. The van der Waals surface area contributed by atoms with E-state index in [1.165, 1.54) is 0 Å². The zero-order valence-corrected chi connectivity index (χ0v) is 12.0. The van der Waals surface area contributed by atoms with Crippen molar-refractivity contribution in [3.05, 3.63) is 53.6 Å². The third kappa shape index (κ3) is 2.57. The van der Waals surface area contributed by atoms with Crippen LogP contribution >= 0.6 is 0 Å². The third-order valence-corrected chi connectivity index (χ3v) is 3.42. The van der Waals surface area contributed by atoms with Crippen molar-refractivity contribution < 1.29 is 19.0 Å². The number of ketones is 1. The second-order valence-corrected chi connectivity index (χ2v) is 4.93. The molecule has 0 saturated carbocycles. The summed E-state index contributed by atoms with van der Waals surface area (Å²) in [6.07, 6.45) is -0.656. The maximum atomic E-state index is 12.5. The molecular formula is C17H16O4. The molecule has 1 heterocycles. The van der Waals surface area contributed by atoms with E-state index in [4.69, 9.17) is 14.2 Å². The van der Waals surface area contributed by atoms with Gasteiger partial charge in [0, 0.05) is 0 Å². The van der Waals surface area contributed by atoms with E-state index in [9.17, 15) is 4.79 Å². The van der Waals surface area contributed by atoms with E-state index < -0.39 is 6.10 Å². The molecular weight excluding hydrogens is 268 g/mol. The Morgan fingerprint density at radius 1 is 1.14 bits per heavy atom. The number of fused-ring (bicyclic) bond motifs is 1. The lowest BCUT2D eigenvalue weighted by molar-refractivity contribution is 0.0621. The standard InChI is InChI=1S/C17H16O4/c1-11-7-8-12-15(9-11)20-10-16(17(12)18)21-14-6-4-3-5-13(14)19-2/h3-9,16H,10H2,1-2H3. The highest BCUT2D eigenvalue weighted by molar-refractivity contribution is 6.03. The van der Waals surface area contributed by atoms with Crippen LogP contribution in [0.15, 0.2) is 42.5 Å². The Morgan fingerprint density at radius 3 is 2.67 bits per heavy atom. The van der Waals surface area contributed by atoms with E-state index in [0.29, 0.717) is 22.8 Å². The molecule has 4 nitrogen and oxygen atoms in total. The lowest BCUT2D eigenvalue weighted by Crippen LogP contribution is -2.37. The minimum atomic E-state index is -0.656. The number of carbonyl (C=O) groups excluding carboxylic acids is 1. The van der Waals surface area contributed by atoms with Crippen molar-refractivity contribution in [1.82, 2.24) is 0 Å². The maximum absolute atomic E-state index is 12.5. The van der Waals surface area contributed by atoms with E-state index in [1.807, 2.05) is 31.2 Å². The molecule has 2 aromatic rings. The van der Waals surface area contributed by atoms with Gasteiger partial charge in [-0.3, -0.25) is 4.79 Å². The first kappa shape index (κ1) is 13.5. The first-order chi connectivity index (χ1) is 10.2. The highest BCUT2D eigenvalue weighted by atomic mass is 16.6. The molecule has 1 atom stereocenters. The molecule has 4 heteroatoms. The van der Waals surface area contributed by atoms with Gasteiger partial charge in [-0.1, -0.05) is 18.2 Å². The van der Waals surface area contributed by atoms with Crippen LogP contribution < -0.4 is 14.2 Å². The molecule has 3 rings (SSSR count). The number of ether oxygens (including phenoxy) is 3. The molecule has 0 aliphatic carbocycles. The summed E-state index contributed by atoms with van der Waals surface area (Å²) in [5.41, 5.74) is 1.62. The number of benzene rings is 2. The number of hydrogen-bond acceptors (Lipinski definition) is 4. The van der Waals surface area contributed by atoms with Crippen LogP contribution in [-0.2, 0) is 0 Å². The molecule has 0 N–H and O–H groups in total. The molecule has 0 aromatic heterocycles. The molecule has 0 spiro atoms. The molecule has 0 saturated heterocycles. The van der Waals surface area contributed by atoms with Gasteiger partial charge in [0.1, 0.15) is 12.4 Å². The van der Waals surface area contributed by atoms with Crippen LogP contribution in [-0.4, -0.2) is 25.6 Å². The van der Waals surface area contributed by atoms with Gasteiger partial charge in [-0.15, -0.1) is 0 Å². The minimum Gasteiger partial charge on any atom is -0.493 e. The topological polar surface area (TPSA) is 44.8 Å². The fraction of sp³-hybridized carbons (Fsp3) is 0.235. The van der Waals surface area contributed by atoms with Crippen molar-refractivity contribution in [3.63, 3.8) is 0 Å². The highest BCUT2D eigenvalue weighted by Gasteiger charge is 2.31. The van der Waals surface area contributed by atoms with Crippen molar-refractivity contribution >= 4 is 5.78 Å². The Kier molecular flexibility index (Phi) is 3.52. The number of methoxy groups -OCH3 is 1. The second kappa shape index (κ2) is 5.48. The van der Waals surface area contributed by atoms with Gasteiger partial charge in [-0.2, -0.15) is 0 Å². The van der Waals surface area contributed by atoms with Crippen LogP contribution in [0.2, 0.25) is 0 Å². The normalized spacial score (nSPS) is 16.9. The van der Waals surface area contributed by atoms with Crippen LogP contribution in [0, 0.1) is 6.92 Å². The summed E-state index contributed by atoms with van der Waals surface area (Å²) in [5.74, 6) is 1.69. The molecule has 1 aliphatic rings. The molecule has 0 amide bonds. The summed E-state index contributed by atoms with van der Waals surface area (Å²) >= 11 is 0. The van der Waals surface area contributed by atoms with Crippen LogP contribution in [0.1, 0.15) is 15.9 Å². The Hall–Kier alpha value is -2.49. The molecule has 21 heavy (non-hydrogen) atoms. The fourth-order valence-electron chi connectivity index (χ4n) is 2.32. The van der Waals surface area contributed by atoms with Crippen molar-refractivity contribution in [1.29, 1.82) is 0 Å². The fourth-order valence-corrected chi connectivity index (χ4v) is 2.32. The van der Waals surface area contributed by atoms with Gasteiger partial charge in [-0.05, 0) is 36.8 Å².